The fraction of sp³-hybridized carbons (Fsp3) is 0.538. The number of methoxy groups -OCH3 is 1. The lowest BCUT2D eigenvalue weighted by Gasteiger charge is -2.32. The van der Waals surface area contributed by atoms with Crippen LogP contribution in [-0.4, -0.2) is 32.4 Å². The molecule has 0 unspecified atom stereocenters. The van der Waals surface area contributed by atoms with E-state index in [1.807, 2.05) is 6.92 Å². The minimum atomic E-state index is -3.63. The molecule has 1 aromatic carbocycles. The van der Waals surface area contributed by atoms with Gasteiger partial charge in [0.2, 0.25) is 10.0 Å². The quantitative estimate of drug-likeness (QED) is 0.857. The second-order valence-corrected chi connectivity index (χ2v) is 6.61. The molecule has 0 aromatic heterocycles. The van der Waals surface area contributed by atoms with Crippen molar-refractivity contribution >= 4 is 10.0 Å². The number of nitrogens with zero attached hydrogens (tertiary/aromatic N) is 1. The van der Waals surface area contributed by atoms with Crippen molar-refractivity contribution in [3.05, 3.63) is 24.0 Å². The number of benzene rings is 1. The zero-order valence-corrected chi connectivity index (χ0v) is 11.9. The summed E-state index contributed by atoms with van der Waals surface area (Å²) < 4.78 is 44.8. The van der Waals surface area contributed by atoms with E-state index in [1.54, 1.807) is 0 Å². The number of sulfonamides is 1. The first-order valence-electron chi connectivity index (χ1n) is 6.32. The van der Waals surface area contributed by atoms with Crippen LogP contribution >= 0.6 is 0 Å². The fourth-order valence-electron chi connectivity index (χ4n) is 2.41. The molecule has 19 heavy (non-hydrogen) atoms. The standard InChI is InChI=1S/C13H18FNO3S/c1-10-5-3-4-8-15(10)19(16,17)13-7-6-11(14)9-12(13)18-2/h6-7,9-10H,3-5,8H2,1-2H3/t10-/m0/s1. The molecule has 1 atom stereocenters. The van der Waals surface area contributed by atoms with Crippen LogP contribution in [0.5, 0.6) is 5.75 Å². The van der Waals surface area contributed by atoms with Crippen LogP contribution in [0.15, 0.2) is 23.1 Å². The van der Waals surface area contributed by atoms with Crippen LogP contribution < -0.4 is 4.74 Å². The Hall–Kier alpha value is -1.14. The second kappa shape index (κ2) is 5.46. The number of hydrogen-bond donors (Lipinski definition) is 0. The molecule has 1 heterocycles. The average Bonchev–Trinajstić information content (AvgIpc) is 2.38. The molecule has 1 aliphatic heterocycles. The fourth-order valence-corrected chi connectivity index (χ4v) is 4.25. The lowest BCUT2D eigenvalue weighted by atomic mass is 10.1. The topological polar surface area (TPSA) is 46.6 Å². The molecule has 1 aliphatic rings. The van der Waals surface area contributed by atoms with Gasteiger partial charge in [-0.3, -0.25) is 0 Å². The van der Waals surface area contributed by atoms with Gasteiger partial charge in [-0.2, -0.15) is 4.31 Å². The van der Waals surface area contributed by atoms with Crippen molar-refractivity contribution in [2.75, 3.05) is 13.7 Å². The maximum Gasteiger partial charge on any atom is 0.247 e. The summed E-state index contributed by atoms with van der Waals surface area (Å²) in [6, 6.07) is 3.48. The summed E-state index contributed by atoms with van der Waals surface area (Å²) in [7, 11) is -2.29. The Kier molecular flexibility index (Phi) is 4.10. The number of piperidine rings is 1. The first kappa shape index (κ1) is 14.3. The van der Waals surface area contributed by atoms with Gasteiger partial charge >= 0.3 is 0 Å². The van der Waals surface area contributed by atoms with Gasteiger partial charge in [-0.15, -0.1) is 0 Å². The number of ether oxygens (including phenoxy) is 1. The Balaban J connectivity index is 2.44. The number of rotatable bonds is 3. The van der Waals surface area contributed by atoms with Gasteiger partial charge in [0.25, 0.3) is 0 Å². The third-order valence-corrected chi connectivity index (χ3v) is 5.51. The summed E-state index contributed by atoms with van der Waals surface area (Å²) in [4.78, 5) is 0.0325. The first-order valence-corrected chi connectivity index (χ1v) is 7.76. The van der Waals surface area contributed by atoms with Crippen LogP contribution in [0.4, 0.5) is 4.39 Å². The van der Waals surface area contributed by atoms with E-state index < -0.39 is 15.8 Å². The highest BCUT2D eigenvalue weighted by atomic mass is 32.2. The molecule has 0 bridgehead atoms. The van der Waals surface area contributed by atoms with Crippen molar-refractivity contribution < 1.29 is 17.5 Å². The van der Waals surface area contributed by atoms with E-state index in [2.05, 4.69) is 0 Å². The maximum atomic E-state index is 13.2. The van der Waals surface area contributed by atoms with Crippen LogP contribution in [0.2, 0.25) is 0 Å². The molecule has 4 nitrogen and oxygen atoms in total. The molecule has 0 N–H and O–H groups in total. The van der Waals surface area contributed by atoms with Gasteiger partial charge in [0.15, 0.2) is 0 Å². The predicted octanol–water partition coefficient (Wildman–Crippen LogP) is 2.40. The SMILES string of the molecule is COc1cc(F)ccc1S(=O)(=O)N1CCCC[C@@H]1C. The lowest BCUT2D eigenvalue weighted by molar-refractivity contribution is 0.267. The highest BCUT2D eigenvalue weighted by Crippen LogP contribution is 2.31. The maximum absolute atomic E-state index is 13.2. The Labute approximate surface area is 113 Å². The van der Waals surface area contributed by atoms with E-state index in [0.717, 1.165) is 31.4 Å². The molecule has 0 aliphatic carbocycles. The van der Waals surface area contributed by atoms with E-state index in [4.69, 9.17) is 4.74 Å². The van der Waals surface area contributed by atoms with Crippen LogP contribution in [0, 0.1) is 5.82 Å². The highest BCUT2D eigenvalue weighted by molar-refractivity contribution is 7.89. The van der Waals surface area contributed by atoms with Crippen molar-refractivity contribution in [1.29, 1.82) is 0 Å². The zero-order valence-electron chi connectivity index (χ0n) is 11.1. The van der Waals surface area contributed by atoms with Gasteiger partial charge in [-0.05, 0) is 31.9 Å². The van der Waals surface area contributed by atoms with Gasteiger partial charge in [0.05, 0.1) is 7.11 Å². The molecule has 2 rings (SSSR count). The van der Waals surface area contributed by atoms with Gasteiger partial charge in [0.1, 0.15) is 16.5 Å². The average molecular weight is 287 g/mol. The van der Waals surface area contributed by atoms with Crippen LogP contribution in [0.25, 0.3) is 0 Å². The van der Waals surface area contributed by atoms with Crippen LogP contribution in [0.1, 0.15) is 26.2 Å². The van der Waals surface area contributed by atoms with E-state index in [9.17, 15) is 12.8 Å². The monoisotopic (exact) mass is 287 g/mol. The van der Waals surface area contributed by atoms with Crippen molar-refractivity contribution in [2.45, 2.75) is 37.1 Å². The summed E-state index contributed by atoms with van der Waals surface area (Å²) in [5.41, 5.74) is 0. The van der Waals surface area contributed by atoms with Crippen LogP contribution in [-0.2, 0) is 10.0 Å². The Morgan fingerprint density at radius 1 is 1.37 bits per heavy atom. The smallest absolute Gasteiger partial charge is 0.247 e. The minimum absolute atomic E-state index is 0.0325. The lowest BCUT2D eigenvalue weighted by Crippen LogP contribution is -2.42. The zero-order chi connectivity index (χ0) is 14.0. The molecule has 1 saturated heterocycles. The molecular formula is C13H18FNO3S. The van der Waals surface area contributed by atoms with Gasteiger partial charge < -0.3 is 4.74 Å². The molecule has 1 aromatic rings. The summed E-state index contributed by atoms with van der Waals surface area (Å²) in [6.45, 7) is 2.40. The largest absolute Gasteiger partial charge is 0.495 e. The molecule has 6 heteroatoms. The van der Waals surface area contributed by atoms with Crippen molar-refractivity contribution in [3.8, 4) is 5.75 Å². The predicted molar refractivity (Wildman–Crippen MR) is 70.2 cm³/mol. The Morgan fingerprint density at radius 2 is 2.11 bits per heavy atom. The summed E-state index contributed by atoms with van der Waals surface area (Å²) >= 11 is 0. The number of hydrogen-bond acceptors (Lipinski definition) is 3. The molecule has 0 saturated carbocycles. The molecule has 1 fully saturated rings. The van der Waals surface area contributed by atoms with E-state index in [0.29, 0.717) is 6.54 Å². The van der Waals surface area contributed by atoms with Gasteiger partial charge in [-0.25, -0.2) is 12.8 Å². The van der Waals surface area contributed by atoms with Crippen molar-refractivity contribution in [3.63, 3.8) is 0 Å². The molecular weight excluding hydrogens is 269 g/mol. The molecule has 0 spiro atoms. The molecule has 0 amide bonds. The van der Waals surface area contributed by atoms with Gasteiger partial charge in [0, 0.05) is 18.7 Å². The third kappa shape index (κ3) is 2.74. The van der Waals surface area contributed by atoms with Crippen LogP contribution in [0.3, 0.4) is 0 Å². The van der Waals surface area contributed by atoms with E-state index in [-0.39, 0.29) is 16.7 Å². The second-order valence-electron chi connectivity index (χ2n) is 4.76. The van der Waals surface area contributed by atoms with Crippen molar-refractivity contribution in [2.24, 2.45) is 0 Å². The van der Waals surface area contributed by atoms with E-state index >= 15 is 0 Å². The Bertz CT molecular complexity index is 559. The van der Waals surface area contributed by atoms with Gasteiger partial charge in [-0.1, -0.05) is 6.42 Å². The number of halogens is 1. The summed E-state index contributed by atoms with van der Waals surface area (Å²) in [5, 5.41) is 0. The molecule has 0 radical (unpaired) electrons. The summed E-state index contributed by atoms with van der Waals surface area (Å²) in [6.07, 6.45) is 2.74. The highest BCUT2D eigenvalue weighted by Gasteiger charge is 2.33. The Morgan fingerprint density at radius 3 is 2.74 bits per heavy atom. The molecule has 106 valence electrons. The first-order chi connectivity index (χ1) is 8.96. The van der Waals surface area contributed by atoms with Crippen molar-refractivity contribution in [1.82, 2.24) is 4.31 Å². The third-order valence-electron chi connectivity index (χ3n) is 3.45. The summed E-state index contributed by atoms with van der Waals surface area (Å²) in [5.74, 6) is -0.458. The van der Waals surface area contributed by atoms with E-state index in [1.165, 1.54) is 17.5 Å². The minimum Gasteiger partial charge on any atom is -0.495 e. The normalized spacial score (nSPS) is 21.3.